The first kappa shape index (κ1) is 14.3. The molecule has 0 saturated carbocycles. The fourth-order valence-corrected chi connectivity index (χ4v) is 1.75. The Balaban J connectivity index is 2.73. The van der Waals surface area contributed by atoms with Crippen LogP contribution in [0.25, 0.3) is 0 Å². The summed E-state index contributed by atoms with van der Waals surface area (Å²) in [6.07, 6.45) is 0. The molecule has 2 nitrogen and oxygen atoms in total. The van der Waals surface area contributed by atoms with Gasteiger partial charge in [0.05, 0.1) is 0 Å². The van der Waals surface area contributed by atoms with Gasteiger partial charge in [-0.3, -0.25) is 4.79 Å². The largest absolute Gasteiger partial charge is 0.349 e. The van der Waals surface area contributed by atoms with Crippen molar-refractivity contribution in [2.75, 3.05) is 5.88 Å². The van der Waals surface area contributed by atoms with E-state index in [2.05, 4.69) is 5.32 Å². The molecule has 1 aromatic rings. The van der Waals surface area contributed by atoms with Crippen LogP contribution in [0.3, 0.4) is 0 Å². The van der Waals surface area contributed by atoms with Crippen LogP contribution in [0.1, 0.15) is 29.8 Å². The molecule has 94 valence electrons. The van der Waals surface area contributed by atoms with E-state index in [1.807, 2.05) is 26.8 Å². The molecule has 0 spiro atoms. The molecule has 2 unspecified atom stereocenters. The maximum Gasteiger partial charge on any atom is 0.251 e. The zero-order valence-electron chi connectivity index (χ0n) is 10.3. The Hall–Kier alpha value is -0.730. The average Bonchev–Trinajstić information content (AvgIpc) is 2.31. The van der Waals surface area contributed by atoms with Crippen LogP contribution in [0.15, 0.2) is 18.2 Å². The number of hydrogen-bond acceptors (Lipinski definition) is 1. The number of benzene rings is 1. The van der Waals surface area contributed by atoms with E-state index in [-0.39, 0.29) is 17.9 Å². The number of carbonyl (C=O) groups excluding carboxylic acids is 1. The Morgan fingerprint density at radius 1 is 1.41 bits per heavy atom. The standard InChI is InChI=1S/C13H17Cl2NO/c1-8-4-5-11(6-12(8)15)13(17)16-10(3)9(2)7-14/h4-6,9-10H,7H2,1-3H3,(H,16,17). The Kier molecular flexibility index (Phi) is 5.29. The number of rotatable bonds is 4. The van der Waals surface area contributed by atoms with E-state index < -0.39 is 0 Å². The molecule has 0 heterocycles. The van der Waals surface area contributed by atoms with Crippen LogP contribution in [0.5, 0.6) is 0 Å². The van der Waals surface area contributed by atoms with Crippen molar-refractivity contribution in [3.8, 4) is 0 Å². The molecular formula is C13H17Cl2NO. The Morgan fingerprint density at radius 2 is 2.06 bits per heavy atom. The molecule has 1 rings (SSSR count). The summed E-state index contributed by atoms with van der Waals surface area (Å²) < 4.78 is 0. The van der Waals surface area contributed by atoms with E-state index >= 15 is 0 Å². The number of aryl methyl sites for hydroxylation is 1. The number of alkyl halides is 1. The molecule has 1 amide bonds. The minimum atomic E-state index is -0.114. The predicted octanol–water partition coefficient (Wildman–Crippen LogP) is 3.64. The van der Waals surface area contributed by atoms with Crippen LogP contribution >= 0.6 is 23.2 Å². The van der Waals surface area contributed by atoms with Crippen LogP contribution < -0.4 is 5.32 Å². The van der Waals surface area contributed by atoms with Gasteiger partial charge < -0.3 is 5.32 Å². The summed E-state index contributed by atoms with van der Waals surface area (Å²) in [4.78, 5) is 11.9. The van der Waals surface area contributed by atoms with Crippen molar-refractivity contribution >= 4 is 29.1 Å². The van der Waals surface area contributed by atoms with Gasteiger partial charge in [-0.05, 0) is 37.5 Å². The highest BCUT2D eigenvalue weighted by Crippen LogP contribution is 2.17. The van der Waals surface area contributed by atoms with E-state index in [1.165, 1.54) is 0 Å². The third-order valence-electron chi connectivity index (χ3n) is 2.89. The van der Waals surface area contributed by atoms with Gasteiger partial charge in [0, 0.05) is 22.5 Å². The third-order valence-corrected chi connectivity index (χ3v) is 3.78. The smallest absolute Gasteiger partial charge is 0.251 e. The molecule has 1 N–H and O–H groups in total. The number of hydrogen-bond donors (Lipinski definition) is 1. The number of halogens is 2. The SMILES string of the molecule is Cc1ccc(C(=O)NC(C)C(C)CCl)cc1Cl. The van der Waals surface area contributed by atoms with Crippen molar-refractivity contribution in [2.24, 2.45) is 5.92 Å². The van der Waals surface area contributed by atoms with Crippen molar-refractivity contribution in [1.29, 1.82) is 0 Å². The quantitative estimate of drug-likeness (QED) is 0.834. The topological polar surface area (TPSA) is 29.1 Å². The van der Waals surface area contributed by atoms with Gasteiger partial charge in [0.15, 0.2) is 0 Å². The molecule has 0 aromatic heterocycles. The predicted molar refractivity (Wildman–Crippen MR) is 73.0 cm³/mol. The molecular weight excluding hydrogens is 257 g/mol. The number of nitrogens with one attached hydrogen (secondary N) is 1. The molecule has 4 heteroatoms. The van der Waals surface area contributed by atoms with Crippen molar-refractivity contribution in [3.05, 3.63) is 34.3 Å². The first-order valence-corrected chi connectivity index (χ1v) is 6.50. The van der Waals surface area contributed by atoms with E-state index in [4.69, 9.17) is 23.2 Å². The Bertz CT molecular complexity index is 406. The maximum absolute atomic E-state index is 11.9. The van der Waals surface area contributed by atoms with Gasteiger partial charge in [-0.2, -0.15) is 0 Å². The molecule has 0 fully saturated rings. The molecule has 0 aliphatic carbocycles. The third kappa shape index (κ3) is 3.90. The number of amides is 1. The zero-order valence-corrected chi connectivity index (χ0v) is 11.8. The van der Waals surface area contributed by atoms with Crippen LogP contribution in [0, 0.1) is 12.8 Å². The van der Waals surface area contributed by atoms with E-state index in [1.54, 1.807) is 12.1 Å². The van der Waals surface area contributed by atoms with Crippen LogP contribution in [-0.4, -0.2) is 17.8 Å². The van der Waals surface area contributed by atoms with Crippen molar-refractivity contribution in [3.63, 3.8) is 0 Å². The second-order valence-corrected chi connectivity index (χ2v) is 5.07. The molecule has 0 aliphatic heterocycles. The number of carbonyl (C=O) groups is 1. The molecule has 2 atom stereocenters. The first-order valence-electron chi connectivity index (χ1n) is 5.58. The van der Waals surface area contributed by atoms with Gasteiger partial charge in [-0.25, -0.2) is 0 Å². The van der Waals surface area contributed by atoms with Crippen molar-refractivity contribution < 1.29 is 4.79 Å². The normalized spacial score (nSPS) is 14.2. The lowest BCUT2D eigenvalue weighted by atomic mass is 10.1. The second-order valence-electron chi connectivity index (χ2n) is 4.36. The van der Waals surface area contributed by atoms with Gasteiger partial charge in [0.1, 0.15) is 0 Å². The van der Waals surface area contributed by atoms with E-state index in [9.17, 15) is 4.79 Å². The highest BCUT2D eigenvalue weighted by atomic mass is 35.5. The summed E-state index contributed by atoms with van der Waals surface area (Å²) in [5.74, 6) is 0.647. The monoisotopic (exact) mass is 273 g/mol. The van der Waals surface area contributed by atoms with Gasteiger partial charge >= 0.3 is 0 Å². The lowest BCUT2D eigenvalue weighted by molar-refractivity contribution is 0.0931. The molecule has 0 radical (unpaired) electrons. The zero-order chi connectivity index (χ0) is 13.0. The first-order chi connectivity index (χ1) is 7.95. The lowest BCUT2D eigenvalue weighted by Gasteiger charge is -2.19. The molecule has 17 heavy (non-hydrogen) atoms. The highest BCUT2D eigenvalue weighted by molar-refractivity contribution is 6.31. The summed E-state index contributed by atoms with van der Waals surface area (Å²) >= 11 is 11.7. The van der Waals surface area contributed by atoms with E-state index in [0.717, 1.165) is 5.56 Å². The molecule has 0 aliphatic rings. The van der Waals surface area contributed by atoms with Crippen molar-refractivity contribution in [2.45, 2.75) is 26.8 Å². The fourth-order valence-electron chi connectivity index (χ4n) is 1.30. The molecule has 0 bridgehead atoms. The molecule has 0 saturated heterocycles. The van der Waals surface area contributed by atoms with Gasteiger partial charge in [-0.15, -0.1) is 11.6 Å². The second kappa shape index (κ2) is 6.27. The van der Waals surface area contributed by atoms with Crippen LogP contribution in [0.2, 0.25) is 5.02 Å². The maximum atomic E-state index is 11.9. The van der Waals surface area contributed by atoms with Gasteiger partial charge in [-0.1, -0.05) is 24.6 Å². The highest BCUT2D eigenvalue weighted by Gasteiger charge is 2.15. The Morgan fingerprint density at radius 3 is 2.59 bits per heavy atom. The summed E-state index contributed by atoms with van der Waals surface area (Å²) in [5, 5.41) is 3.52. The summed E-state index contributed by atoms with van der Waals surface area (Å²) in [6.45, 7) is 5.85. The minimum Gasteiger partial charge on any atom is -0.349 e. The van der Waals surface area contributed by atoms with Gasteiger partial charge in [0.2, 0.25) is 0 Å². The van der Waals surface area contributed by atoms with E-state index in [0.29, 0.717) is 16.5 Å². The van der Waals surface area contributed by atoms with Crippen molar-refractivity contribution in [1.82, 2.24) is 5.32 Å². The van der Waals surface area contributed by atoms with Crippen LogP contribution in [0.4, 0.5) is 0 Å². The average molecular weight is 274 g/mol. The minimum absolute atomic E-state index is 0.0417. The van der Waals surface area contributed by atoms with Crippen LogP contribution in [-0.2, 0) is 0 Å². The lowest BCUT2D eigenvalue weighted by Crippen LogP contribution is -2.37. The fraction of sp³-hybridized carbons (Fsp3) is 0.462. The Labute approximate surface area is 112 Å². The summed E-state index contributed by atoms with van der Waals surface area (Å²) in [7, 11) is 0. The summed E-state index contributed by atoms with van der Waals surface area (Å²) in [5.41, 5.74) is 1.54. The summed E-state index contributed by atoms with van der Waals surface area (Å²) in [6, 6.07) is 5.34. The molecule has 1 aromatic carbocycles. The van der Waals surface area contributed by atoms with Gasteiger partial charge in [0.25, 0.3) is 5.91 Å².